The van der Waals surface area contributed by atoms with Crippen LogP contribution in [0.5, 0.6) is 0 Å². The van der Waals surface area contributed by atoms with Gasteiger partial charge in [-0.2, -0.15) is 0 Å². The lowest BCUT2D eigenvalue weighted by Gasteiger charge is -2.20. The normalized spacial score (nSPS) is 11.9. The van der Waals surface area contributed by atoms with E-state index in [1.54, 1.807) is 18.2 Å². The zero-order valence-electron chi connectivity index (χ0n) is 10.6. The second-order valence-electron chi connectivity index (χ2n) is 4.32. The zero-order valence-corrected chi connectivity index (χ0v) is 11.3. The van der Waals surface area contributed by atoms with Crippen LogP contribution >= 0.6 is 11.6 Å². The molecule has 1 amide bonds. The molecule has 0 aromatic heterocycles. The van der Waals surface area contributed by atoms with Gasteiger partial charge in [0.15, 0.2) is 0 Å². The predicted octanol–water partition coefficient (Wildman–Crippen LogP) is 3.15. The van der Waals surface area contributed by atoms with Crippen molar-refractivity contribution in [2.45, 2.75) is 13.0 Å². The third-order valence-electron chi connectivity index (χ3n) is 2.84. The van der Waals surface area contributed by atoms with Gasteiger partial charge in [-0.05, 0) is 23.8 Å². The lowest BCUT2D eigenvalue weighted by molar-refractivity contribution is -0.119. The molecule has 4 heteroatoms. The Balaban J connectivity index is 2.48. The second-order valence-corrected chi connectivity index (χ2v) is 4.75. The maximum atomic E-state index is 11.4. The largest absolute Gasteiger partial charge is 0.398 e. The Kier molecular flexibility index (Phi) is 4.07. The first-order chi connectivity index (χ1) is 9.08. The average Bonchev–Trinajstić information content (AvgIpc) is 2.40. The average molecular weight is 275 g/mol. The van der Waals surface area contributed by atoms with Crippen LogP contribution in [-0.4, -0.2) is 5.91 Å². The summed E-state index contributed by atoms with van der Waals surface area (Å²) in [7, 11) is 0. The minimum Gasteiger partial charge on any atom is -0.398 e. The van der Waals surface area contributed by atoms with Crippen molar-refractivity contribution in [2.24, 2.45) is 0 Å². The number of carbonyl (C=O) groups is 1. The molecule has 2 aromatic carbocycles. The lowest BCUT2D eigenvalue weighted by atomic mass is 9.97. The summed E-state index contributed by atoms with van der Waals surface area (Å²) < 4.78 is 0. The molecule has 2 aromatic rings. The quantitative estimate of drug-likeness (QED) is 0.845. The number of anilines is 1. The highest BCUT2D eigenvalue weighted by molar-refractivity contribution is 6.30. The van der Waals surface area contributed by atoms with Crippen molar-refractivity contribution in [3.05, 3.63) is 64.7 Å². The molecule has 0 aliphatic heterocycles. The van der Waals surface area contributed by atoms with Crippen molar-refractivity contribution in [1.82, 2.24) is 5.32 Å². The van der Waals surface area contributed by atoms with Gasteiger partial charge < -0.3 is 11.1 Å². The van der Waals surface area contributed by atoms with Crippen LogP contribution in [0.4, 0.5) is 5.69 Å². The molecular weight excluding hydrogens is 260 g/mol. The van der Waals surface area contributed by atoms with Gasteiger partial charge in [-0.3, -0.25) is 4.79 Å². The molecule has 0 saturated carbocycles. The highest BCUT2D eigenvalue weighted by Crippen LogP contribution is 2.29. The first kappa shape index (κ1) is 13.4. The molecule has 1 atom stereocenters. The van der Waals surface area contributed by atoms with Gasteiger partial charge in [-0.15, -0.1) is 0 Å². The fraction of sp³-hybridized carbons (Fsp3) is 0.133. The van der Waals surface area contributed by atoms with E-state index in [-0.39, 0.29) is 11.9 Å². The van der Waals surface area contributed by atoms with E-state index in [1.165, 1.54) is 6.92 Å². The van der Waals surface area contributed by atoms with Crippen molar-refractivity contribution in [3.63, 3.8) is 0 Å². The van der Waals surface area contributed by atoms with E-state index in [9.17, 15) is 4.79 Å². The lowest BCUT2D eigenvalue weighted by Crippen LogP contribution is -2.27. The van der Waals surface area contributed by atoms with Crippen molar-refractivity contribution in [3.8, 4) is 0 Å². The Labute approximate surface area is 117 Å². The van der Waals surface area contributed by atoms with E-state index in [0.29, 0.717) is 10.7 Å². The van der Waals surface area contributed by atoms with Crippen molar-refractivity contribution in [1.29, 1.82) is 0 Å². The van der Waals surface area contributed by atoms with Gasteiger partial charge in [0.05, 0.1) is 6.04 Å². The first-order valence-corrected chi connectivity index (χ1v) is 6.32. The van der Waals surface area contributed by atoms with Crippen LogP contribution in [0, 0.1) is 0 Å². The molecule has 1 unspecified atom stereocenters. The van der Waals surface area contributed by atoms with E-state index in [0.717, 1.165) is 11.1 Å². The highest BCUT2D eigenvalue weighted by atomic mass is 35.5. The van der Waals surface area contributed by atoms with E-state index in [2.05, 4.69) is 5.32 Å². The number of rotatable bonds is 3. The van der Waals surface area contributed by atoms with Crippen LogP contribution in [-0.2, 0) is 4.79 Å². The van der Waals surface area contributed by atoms with E-state index in [4.69, 9.17) is 17.3 Å². The van der Waals surface area contributed by atoms with E-state index >= 15 is 0 Å². The minimum absolute atomic E-state index is 0.117. The van der Waals surface area contributed by atoms with Gasteiger partial charge in [0, 0.05) is 23.2 Å². The summed E-state index contributed by atoms with van der Waals surface area (Å²) in [6, 6.07) is 14.6. The number of benzene rings is 2. The monoisotopic (exact) mass is 274 g/mol. The molecule has 0 radical (unpaired) electrons. The maximum absolute atomic E-state index is 11.4. The van der Waals surface area contributed by atoms with Crippen LogP contribution < -0.4 is 11.1 Å². The molecule has 0 aliphatic rings. The molecule has 98 valence electrons. The molecule has 0 spiro atoms. The number of hydrogen-bond acceptors (Lipinski definition) is 2. The SMILES string of the molecule is CC(=O)NC(c1ccccc1)c1cc(Cl)ccc1N. The molecule has 19 heavy (non-hydrogen) atoms. The Hall–Kier alpha value is -2.00. The number of nitrogens with two attached hydrogens (primary N) is 1. The zero-order chi connectivity index (χ0) is 13.8. The van der Waals surface area contributed by atoms with Gasteiger partial charge in [0.25, 0.3) is 0 Å². The topological polar surface area (TPSA) is 55.1 Å². The minimum atomic E-state index is -0.294. The van der Waals surface area contributed by atoms with E-state index in [1.807, 2.05) is 30.3 Å². The first-order valence-electron chi connectivity index (χ1n) is 5.95. The van der Waals surface area contributed by atoms with Crippen LogP contribution in [0.25, 0.3) is 0 Å². The Morgan fingerprint density at radius 3 is 2.53 bits per heavy atom. The van der Waals surface area contributed by atoms with Crippen LogP contribution in [0.3, 0.4) is 0 Å². The van der Waals surface area contributed by atoms with E-state index < -0.39 is 0 Å². The molecule has 0 saturated heterocycles. The number of nitrogens with one attached hydrogen (secondary N) is 1. The molecule has 0 heterocycles. The summed E-state index contributed by atoms with van der Waals surface area (Å²) in [5, 5.41) is 3.50. The third kappa shape index (κ3) is 3.26. The van der Waals surface area contributed by atoms with Gasteiger partial charge in [-0.25, -0.2) is 0 Å². The van der Waals surface area contributed by atoms with Crippen LogP contribution in [0.1, 0.15) is 24.1 Å². The Morgan fingerprint density at radius 2 is 1.89 bits per heavy atom. The summed E-state index contributed by atoms with van der Waals surface area (Å²) in [4.78, 5) is 11.4. The number of halogens is 1. The van der Waals surface area contributed by atoms with Gasteiger partial charge in [-0.1, -0.05) is 41.9 Å². The predicted molar refractivity (Wildman–Crippen MR) is 78.0 cm³/mol. The fourth-order valence-electron chi connectivity index (χ4n) is 1.99. The number of carbonyl (C=O) groups excluding carboxylic acids is 1. The molecule has 0 aliphatic carbocycles. The second kappa shape index (κ2) is 5.76. The summed E-state index contributed by atoms with van der Waals surface area (Å²) >= 11 is 6.02. The summed E-state index contributed by atoms with van der Waals surface area (Å²) in [6.07, 6.45) is 0. The molecular formula is C15H15ClN2O. The molecule has 3 nitrogen and oxygen atoms in total. The molecule has 3 N–H and O–H groups in total. The van der Waals surface area contributed by atoms with Gasteiger partial charge in [0.2, 0.25) is 5.91 Å². The third-order valence-corrected chi connectivity index (χ3v) is 3.08. The van der Waals surface area contributed by atoms with Gasteiger partial charge in [0.1, 0.15) is 0 Å². The number of hydrogen-bond donors (Lipinski definition) is 2. The maximum Gasteiger partial charge on any atom is 0.217 e. The van der Waals surface area contributed by atoms with Crippen molar-refractivity contribution in [2.75, 3.05) is 5.73 Å². The Morgan fingerprint density at radius 1 is 1.21 bits per heavy atom. The van der Waals surface area contributed by atoms with Crippen molar-refractivity contribution >= 4 is 23.2 Å². The van der Waals surface area contributed by atoms with Crippen LogP contribution in [0.2, 0.25) is 5.02 Å². The Bertz CT molecular complexity index is 584. The molecule has 2 rings (SSSR count). The number of amides is 1. The summed E-state index contributed by atoms with van der Waals surface area (Å²) in [5.41, 5.74) is 8.36. The molecule has 0 bridgehead atoms. The summed E-state index contributed by atoms with van der Waals surface area (Å²) in [5.74, 6) is -0.117. The molecule has 0 fully saturated rings. The van der Waals surface area contributed by atoms with Crippen molar-refractivity contribution < 1.29 is 4.79 Å². The number of nitrogen functional groups attached to an aromatic ring is 1. The van der Waals surface area contributed by atoms with Gasteiger partial charge >= 0.3 is 0 Å². The highest BCUT2D eigenvalue weighted by Gasteiger charge is 2.17. The smallest absolute Gasteiger partial charge is 0.217 e. The van der Waals surface area contributed by atoms with Crippen LogP contribution in [0.15, 0.2) is 48.5 Å². The standard InChI is InChI=1S/C15H15ClN2O/c1-10(19)18-15(11-5-3-2-4-6-11)13-9-12(16)7-8-14(13)17/h2-9,15H,17H2,1H3,(H,18,19). The summed E-state index contributed by atoms with van der Waals surface area (Å²) in [6.45, 7) is 1.48. The fourth-order valence-corrected chi connectivity index (χ4v) is 2.17.